The molecule has 3 heteroatoms. The first-order chi connectivity index (χ1) is 8.61. The maximum atomic E-state index is 3.30. The Morgan fingerprint density at radius 1 is 1.33 bits per heavy atom. The van der Waals surface area contributed by atoms with Gasteiger partial charge in [0.25, 0.3) is 0 Å². The fourth-order valence-corrected chi connectivity index (χ4v) is 2.83. The maximum Gasteiger partial charge on any atom is 0.0393 e. The van der Waals surface area contributed by atoms with Crippen LogP contribution >= 0.6 is 0 Å². The van der Waals surface area contributed by atoms with Crippen LogP contribution in [0.4, 0.5) is 5.69 Å². The standard InChI is InChI=1S/C15H25N3/c1-12-6-5-7-14(8-12)18-11-15(9-16-3)17(4)10-13(18)2/h5-8,13,15-16H,9-11H2,1-4H3. The quantitative estimate of drug-likeness (QED) is 0.877. The van der Waals surface area contributed by atoms with Crippen molar-refractivity contribution in [2.45, 2.75) is 25.9 Å². The molecule has 2 atom stereocenters. The average molecular weight is 247 g/mol. The summed E-state index contributed by atoms with van der Waals surface area (Å²) < 4.78 is 0. The van der Waals surface area contributed by atoms with Crippen molar-refractivity contribution in [1.82, 2.24) is 10.2 Å². The molecule has 2 rings (SSSR count). The van der Waals surface area contributed by atoms with Crippen molar-refractivity contribution in [2.75, 3.05) is 38.6 Å². The summed E-state index contributed by atoms with van der Waals surface area (Å²) in [6.07, 6.45) is 0. The monoisotopic (exact) mass is 247 g/mol. The molecule has 1 aliphatic rings. The first-order valence-electron chi connectivity index (χ1n) is 6.80. The highest BCUT2D eigenvalue weighted by atomic mass is 15.3. The van der Waals surface area contributed by atoms with Gasteiger partial charge in [-0.15, -0.1) is 0 Å². The van der Waals surface area contributed by atoms with Gasteiger partial charge in [0.1, 0.15) is 0 Å². The molecule has 0 aromatic heterocycles. The second kappa shape index (κ2) is 5.72. The summed E-state index contributed by atoms with van der Waals surface area (Å²) in [5, 5.41) is 3.30. The largest absolute Gasteiger partial charge is 0.366 e. The number of benzene rings is 1. The van der Waals surface area contributed by atoms with Gasteiger partial charge in [-0.2, -0.15) is 0 Å². The van der Waals surface area contributed by atoms with Crippen molar-refractivity contribution in [2.24, 2.45) is 0 Å². The Kier molecular flexibility index (Phi) is 4.25. The van der Waals surface area contributed by atoms with Crippen LogP contribution in [0.5, 0.6) is 0 Å². The van der Waals surface area contributed by atoms with E-state index in [4.69, 9.17) is 0 Å². The summed E-state index contributed by atoms with van der Waals surface area (Å²) in [5.74, 6) is 0. The van der Waals surface area contributed by atoms with Crippen molar-refractivity contribution in [1.29, 1.82) is 0 Å². The molecule has 1 aromatic rings. The third-order valence-corrected chi connectivity index (χ3v) is 3.89. The minimum atomic E-state index is 0.574. The van der Waals surface area contributed by atoms with Crippen molar-refractivity contribution in [3.8, 4) is 0 Å². The van der Waals surface area contributed by atoms with E-state index >= 15 is 0 Å². The highest BCUT2D eigenvalue weighted by Gasteiger charge is 2.28. The number of nitrogens with one attached hydrogen (secondary N) is 1. The molecule has 0 spiro atoms. The van der Waals surface area contributed by atoms with Gasteiger partial charge in [-0.1, -0.05) is 12.1 Å². The molecule has 18 heavy (non-hydrogen) atoms. The topological polar surface area (TPSA) is 18.5 Å². The average Bonchev–Trinajstić information content (AvgIpc) is 2.33. The molecule has 0 saturated carbocycles. The molecule has 2 unspecified atom stereocenters. The van der Waals surface area contributed by atoms with Crippen LogP contribution in [0.1, 0.15) is 12.5 Å². The zero-order chi connectivity index (χ0) is 13.1. The number of anilines is 1. The zero-order valence-electron chi connectivity index (χ0n) is 12.0. The molecular formula is C15H25N3. The normalized spacial score (nSPS) is 25.4. The molecule has 0 bridgehead atoms. The van der Waals surface area contributed by atoms with E-state index in [2.05, 4.69) is 60.3 Å². The highest BCUT2D eigenvalue weighted by Crippen LogP contribution is 2.23. The van der Waals surface area contributed by atoms with Crippen LogP contribution in [0.25, 0.3) is 0 Å². The van der Waals surface area contributed by atoms with Gasteiger partial charge in [0.2, 0.25) is 0 Å². The van der Waals surface area contributed by atoms with Crippen LogP contribution in [0, 0.1) is 6.92 Å². The number of aryl methyl sites for hydroxylation is 1. The second-order valence-corrected chi connectivity index (χ2v) is 5.49. The maximum absolute atomic E-state index is 3.30. The van der Waals surface area contributed by atoms with E-state index < -0.39 is 0 Å². The predicted molar refractivity (Wildman–Crippen MR) is 78.3 cm³/mol. The van der Waals surface area contributed by atoms with E-state index in [1.54, 1.807) is 0 Å². The summed E-state index contributed by atoms with van der Waals surface area (Å²) in [6.45, 7) is 7.75. The van der Waals surface area contributed by atoms with E-state index in [1.165, 1.54) is 11.3 Å². The first kappa shape index (κ1) is 13.4. The van der Waals surface area contributed by atoms with E-state index in [-0.39, 0.29) is 0 Å². The summed E-state index contributed by atoms with van der Waals surface area (Å²) in [7, 11) is 4.26. The number of rotatable bonds is 3. The Hall–Kier alpha value is -1.06. The van der Waals surface area contributed by atoms with Gasteiger partial charge in [-0.3, -0.25) is 4.90 Å². The molecule has 1 heterocycles. The Morgan fingerprint density at radius 2 is 2.11 bits per heavy atom. The van der Waals surface area contributed by atoms with Gasteiger partial charge in [0.15, 0.2) is 0 Å². The number of hydrogen-bond acceptors (Lipinski definition) is 3. The minimum absolute atomic E-state index is 0.574. The summed E-state index contributed by atoms with van der Waals surface area (Å²) in [6, 6.07) is 10.00. The molecule has 1 aromatic carbocycles. The summed E-state index contributed by atoms with van der Waals surface area (Å²) in [5.41, 5.74) is 2.69. The molecule has 1 aliphatic heterocycles. The second-order valence-electron chi connectivity index (χ2n) is 5.49. The van der Waals surface area contributed by atoms with Crippen LogP contribution in [0.2, 0.25) is 0 Å². The number of nitrogens with zero attached hydrogens (tertiary/aromatic N) is 2. The van der Waals surface area contributed by atoms with E-state index in [0.29, 0.717) is 12.1 Å². The van der Waals surface area contributed by atoms with E-state index in [9.17, 15) is 0 Å². The molecule has 1 saturated heterocycles. The van der Waals surface area contributed by atoms with Gasteiger partial charge in [-0.25, -0.2) is 0 Å². The lowest BCUT2D eigenvalue weighted by molar-refractivity contribution is 0.190. The minimum Gasteiger partial charge on any atom is -0.366 e. The van der Waals surface area contributed by atoms with Crippen LogP contribution < -0.4 is 10.2 Å². The van der Waals surface area contributed by atoms with Gasteiger partial charge < -0.3 is 10.2 Å². The lowest BCUT2D eigenvalue weighted by atomic mass is 10.1. The van der Waals surface area contributed by atoms with Gasteiger partial charge >= 0.3 is 0 Å². The molecule has 0 amide bonds. The fraction of sp³-hybridized carbons (Fsp3) is 0.600. The Morgan fingerprint density at radius 3 is 2.78 bits per heavy atom. The van der Waals surface area contributed by atoms with Crippen LogP contribution in [-0.4, -0.2) is 50.7 Å². The van der Waals surface area contributed by atoms with Crippen molar-refractivity contribution in [3.05, 3.63) is 29.8 Å². The van der Waals surface area contributed by atoms with Crippen molar-refractivity contribution >= 4 is 5.69 Å². The molecule has 1 N–H and O–H groups in total. The molecule has 1 fully saturated rings. The first-order valence-corrected chi connectivity index (χ1v) is 6.80. The van der Waals surface area contributed by atoms with Crippen molar-refractivity contribution < 1.29 is 0 Å². The number of likely N-dealkylation sites (N-methyl/N-ethyl adjacent to an activating group) is 2. The third kappa shape index (κ3) is 2.85. The molecule has 3 nitrogen and oxygen atoms in total. The Balaban J connectivity index is 2.16. The fourth-order valence-electron chi connectivity index (χ4n) is 2.83. The van der Waals surface area contributed by atoms with Crippen molar-refractivity contribution in [3.63, 3.8) is 0 Å². The summed E-state index contributed by atoms with van der Waals surface area (Å²) in [4.78, 5) is 5.00. The lowest BCUT2D eigenvalue weighted by Gasteiger charge is -2.45. The highest BCUT2D eigenvalue weighted by molar-refractivity contribution is 5.50. The van der Waals surface area contributed by atoms with E-state index in [0.717, 1.165) is 19.6 Å². The number of piperazine rings is 1. The molecule has 0 aliphatic carbocycles. The van der Waals surface area contributed by atoms with Crippen LogP contribution in [0.3, 0.4) is 0 Å². The van der Waals surface area contributed by atoms with Gasteiger partial charge in [-0.05, 0) is 45.6 Å². The molecular weight excluding hydrogens is 222 g/mol. The van der Waals surface area contributed by atoms with Crippen LogP contribution in [0.15, 0.2) is 24.3 Å². The number of hydrogen-bond donors (Lipinski definition) is 1. The Bertz CT molecular complexity index is 391. The summed E-state index contributed by atoms with van der Waals surface area (Å²) >= 11 is 0. The Labute approximate surface area is 111 Å². The molecule has 0 radical (unpaired) electrons. The predicted octanol–water partition coefficient (Wildman–Crippen LogP) is 1.72. The van der Waals surface area contributed by atoms with Crippen LogP contribution in [-0.2, 0) is 0 Å². The van der Waals surface area contributed by atoms with E-state index in [1.807, 2.05) is 7.05 Å². The lowest BCUT2D eigenvalue weighted by Crippen LogP contribution is -2.58. The zero-order valence-corrected chi connectivity index (χ0v) is 12.0. The van der Waals surface area contributed by atoms with Gasteiger partial charge in [0, 0.05) is 37.4 Å². The molecule has 100 valence electrons. The van der Waals surface area contributed by atoms with Gasteiger partial charge in [0.05, 0.1) is 0 Å². The third-order valence-electron chi connectivity index (χ3n) is 3.89. The SMILES string of the molecule is CNCC1CN(c2cccc(C)c2)C(C)CN1C. The smallest absolute Gasteiger partial charge is 0.0393 e.